The van der Waals surface area contributed by atoms with Gasteiger partial charge in [-0.1, -0.05) is 29.3 Å². The molecule has 3 aromatic rings. The molecule has 0 atom stereocenters. The molecule has 5 nitrogen and oxygen atoms in total. The Morgan fingerprint density at radius 3 is 2.80 bits per heavy atom. The van der Waals surface area contributed by atoms with Gasteiger partial charge in [-0.05, 0) is 42.5 Å². The van der Waals surface area contributed by atoms with Crippen LogP contribution in [0.5, 0.6) is 5.75 Å². The van der Waals surface area contributed by atoms with Crippen LogP contribution in [0.2, 0.25) is 10.0 Å². The molecule has 0 fully saturated rings. The van der Waals surface area contributed by atoms with Crippen LogP contribution in [0.15, 0.2) is 59.1 Å². The highest BCUT2D eigenvalue weighted by atomic mass is 35.5. The predicted molar refractivity (Wildman–Crippen MR) is 94.9 cm³/mol. The Kier molecular flexibility index (Phi) is 5.58. The largest absolute Gasteiger partial charge is 0.484 e. The molecule has 0 radical (unpaired) electrons. The van der Waals surface area contributed by atoms with Gasteiger partial charge in [0.1, 0.15) is 18.1 Å². The standard InChI is InChI=1S/C18H14Cl2N2O3/c19-12-4-6-16(15(20)9-12)24-11-14-5-7-17(25-14)18(23)22-10-13-3-1-2-8-21-13/h1-9H,10-11H2,(H,22,23). The van der Waals surface area contributed by atoms with Gasteiger partial charge in [-0.15, -0.1) is 0 Å². The number of carbonyl (C=O) groups excluding carboxylic acids is 1. The number of hydrogen-bond acceptors (Lipinski definition) is 4. The van der Waals surface area contributed by atoms with Crippen molar-refractivity contribution in [1.29, 1.82) is 0 Å². The Labute approximate surface area is 154 Å². The summed E-state index contributed by atoms with van der Waals surface area (Å²) >= 11 is 11.9. The van der Waals surface area contributed by atoms with E-state index in [1.54, 1.807) is 36.5 Å². The first-order chi connectivity index (χ1) is 12.1. The minimum Gasteiger partial charge on any atom is -0.484 e. The fourth-order valence-corrected chi connectivity index (χ4v) is 2.54. The number of benzene rings is 1. The van der Waals surface area contributed by atoms with E-state index in [9.17, 15) is 4.79 Å². The second-order valence-electron chi connectivity index (χ2n) is 5.13. The van der Waals surface area contributed by atoms with Crippen molar-refractivity contribution in [3.8, 4) is 5.75 Å². The number of hydrogen-bond donors (Lipinski definition) is 1. The molecule has 0 aliphatic rings. The summed E-state index contributed by atoms with van der Waals surface area (Å²) < 4.78 is 11.1. The highest BCUT2D eigenvalue weighted by Gasteiger charge is 2.12. The molecule has 3 rings (SSSR count). The molecule has 0 aliphatic carbocycles. The lowest BCUT2D eigenvalue weighted by atomic mass is 10.3. The number of furan rings is 1. The number of amides is 1. The van der Waals surface area contributed by atoms with Gasteiger partial charge >= 0.3 is 0 Å². The van der Waals surface area contributed by atoms with Crippen LogP contribution in [0.4, 0.5) is 0 Å². The average Bonchev–Trinajstić information content (AvgIpc) is 3.09. The van der Waals surface area contributed by atoms with Gasteiger partial charge in [-0.3, -0.25) is 9.78 Å². The molecule has 2 aromatic heterocycles. The summed E-state index contributed by atoms with van der Waals surface area (Å²) in [5.41, 5.74) is 0.767. The van der Waals surface area contributed by atoms with Crippen LogP contribution in [0.3, 0.4) is 0 Å². The van der Waals surface area contributed by atoms with Gasteiger partial charge in [0.05, 0.1) is 17.3 Å². The topological polar surface area (TPSA) is 64.4 Å². The quantitative estimate of drug-likeness (QED) is 0.688. The smallest absolute Gasteiger partial charge is 0.287 e. The minimum atomic E-state index is -0.318. The van der Waals surface area contributed by atoms with E-state index in [-0.39, 0.29) is 18.3 Å². The van der Waals surface area contributed by atoms with Crippen LogP contribution in [0.25, 0.3) is 0 Å². The summed E-state index contributed by atoms with van der Waals surface area (Å²) in [6, 6.07) is 13.7. The second-order valence-corrected chi connectivity index (χ2v) is 5.98. The van der Waals surface area contributed by atoms with Crippen molar-refractivity contribution < 1.29 is 13.9 Å². The van der Waals surface area contributed by atoms with Crippen molar-refractivity contribution in [2.45, 2.75) is 13.2 Å². The van der Waals surface area contributed by atoms with Crippen LogP contribution < -0.4 is 10.1 Å². The second kappa shape index (κ2) is 8.05. The number of aromatic nitrogens is 1. The fraction of sp³-hybridized carbons (Fsp3) is 0.111. The zero-order valence-corrected chi connectivity index (χ0v) is 14.6. The maximum atomic E-state index is 12.1. The van der Waals surface area contributed by atoms with Gasteiger partial charge in [0.15, 0.2) is 5.76 Å². The van der Waals surface area contributed by atoms with E-state index in [4.69, 9.17) is 32.4 Å². The molecule has 0 unspecified atom stereocenters. The van der Waals surface area contributed by atoms with Crippen LogP contribution in [0, 0.1) is 0 Å². The Morgan fingerprint density at radius 1 is 1.16 bits per heavy atom. The number of ether oxygens (including phenoxy) is 1. The van der Waals surface area contributed by atoms with Gasteiger partial charge in [-0.2, -0.15) is 0 Å². The van der Waals surface area contributed by atoms with E-state index in [1.807, 2.05) is 18.2 Å². The molecule has 1 amide bonds. The zero-order valence-electron chi connectivity index (χ0n) is 13.0. The van der Waals surface area contributed by atoms with Gasteiger partial charge in [-0.25, -0.2) is 0 Å². The molecular weight excluding hydrogens is 363 g/mol. The van der Waals surface area contributed by atoms with Crippen LogP contribution in [-0.4, -0.2) is 10.9 Å². The number of halogens is 2. The number of pyridine rings is 1. The van der Waals surface area contributed by atoms with Gasteiger partial charge < -0.3 is 14.5 Å². The van der Waals surface area contributed by atoms with Gasteiger partial charge in [0, 0.05) is 11.2 Å². The van der Waals surface area contributed by atoms with E-state index in [0.29, 0.717) is 28.1 Å². The van der Waals surface area contributed by atoms with E-state index >= 15 is 0 Å². The van der Waals surface area contributed by atoms with E-state index in [2.05, 4.69) is 10.3 Å². The minimum absolute atomic E-state index is 0.148. The summed E-state index contributed by atoms with van der Waals surface area (Å²) in [5, 5.41) is 3.69. The molecule has 0 bridgehead atoms. The lowest BCUT2D eigenvalue weighted by molar-refractivity contribution is 0.0918. The molecule has 128 valence electrons. The number of nitrogens with one attached hydrogen (secondary N) is 1. The third-order valence-corrected chi connectivity index (χ3v) is 3.84. The first-order valence-electron chi connectivity index (χ1n) is 7.46. The van der Waals surface area contributed by atoms with Crippen LogP contribution in [-0.2, 0) is 13.2 Å². The van der Waals surface area contributed by atoms with E-state index in [0.717, 1.165) is 5.69 Å². The van der Waals surface area contributed by atoms with Gasteiger partial charge in [0.2, 0.25) is 0 Å². The molecule has 1 aromatic carbocycles. The third kappa shape index (κ3) is 4.75. The van der Waals surface area contributed by atoms with E-state index in [1.165, 1.54) is 0 Å². The molecule has 25 heavy (non-hydrogen) atoms. The highest BCUT2D eigenvalue weighted by molar-refractivity contribution is 6.35. The predicted octanol–water partition coefficient (Wildman–Crippen LogP) is 4.49. The number of nitrogens with zero attached hydrogens (tertiary/aromatic N) is 1. The zero-order chi connectivity index (χ0) is 17.6. The first-order valence-corrected chi connectivity index (χ1v) is 8.22. The summed E-state index contributed by atoms with van der Waals surface area (Å²) in [4.78, 5) is 16.2. The molecule has 2 heterocycles. The van der Waals surface area contributed by atoms with Gasteiger partial charge in [0.25, 0.3) is 5.91 Å². The summed E-state index contributed by atoms with van der Waals surface area (Å²) in [7, 11) is 0. The lowest BCUT2D eigenvalue weighted by Gasteiger charge is -2.06. The molecule has 7 heteroatoms. The average molecular weight is 377 g/mol. The number of rotatable bonds is 6. The van der Waals surface area contributed by atoms with Crippen molar-refractivity contribution in [2.24, 2.45) is 0 Å². The Balaban J connectivity index is 1.55. The molecule has 0 saturated carbocycles. The molecule has 1 N–H and O–H groups in total. The maximum Gasteiger partial charge on any atom is 0.287 e. The molecular formula is C18H14Cl2N2O3. The first kappa shape index (κ1) is 17.3. The van der Waals surface area contributed by atoms with Crippen molar-refractivity contribution in [2.75, 3.05) is 0 Å². The maximum absolute atomic E-state index is 12.1. The van der Waals surface area contributed by atoms with Crippen molar-refractivity contribution in [1.82, 2.24) is 10.3 Å². The Hall–Kier alpha value is -2.50. The summed E-state index contributed by atoms with van der Waals surface area (Å²) in [6.07, 6.45) is 1.67. The SMILES string of the molecule is O=C(NCc1ccccn1)c1ccc(COc2ccc(Cl)cc2Cl)o1. The fourth-order valence-electron chi connectivity index (χ4n) is 2.08. The normalized spacial score (nSPS) is 10.5. The highest BCUT2D eigenvalue weighted by Crippen LogP contribution is 2.28. The van der Waals surface area contributed by atoms with Crippen molar-refractivity contribution in [3.05, 3.63) is 82.0 Å². The monoisotopic (exact) mass is 376 g/mol. The lowest BCUT2D eigenvalue weighted by Crippen LogP contribution is -2.22. The molecule has 0 aliphatic heterocycles. The molecule has 0 saturated heterocycles. The van der Waals surface area contributed by atoms with Crippen molar-refractivity contribution in [3.63, 3.8) is 0 Å². The Morgan fingerprint density at radius 2 is 2.04 bits per heavy atom. The number of carbonyl (C=O) groups is 1. The summed E-state index contributed by atoms with van der Waals surface area (Å²) in [6.45, 7) is 0.474. The summed E-state index contributed by atoms with van der Waals surface area (Å²) in [5.74, 6) is 0.885. The van der Waals surface area contributed by atoms with Crippen LogP contribution >= 0.6 is 23.2 Å². The van der Waals surface area contributed by atoms with Crippen molar-refractivity contribution >= 4 is 29.1 Å². The van der Waals surface area contributed by atoms with E-state index < -0.39 is 0 Å². The van der Waals surface area contributed by atoms with Crippen LogP contribution in [0.1, 0.15) is 22.0 Å². The third-order valence-electron chi connectivity index (χ3n) is 3.31. The molecule has 0 spiro atoms. The Bertz CT molecular complexity index is 866.